The van der Waals surface area contributed by atoms with Crippen LogP contribution in [-0.2, 0) is 4.74 Å². The number of nitrogens with zero attached hydrogens (tertiary/aromatic N) is 4. The second-order valence-electron chi connectivity index (χ2n) is 7.40. The Kier molecular flexibility index (Phi) is 6.27. The second-order valence-corrected chi connectivity index (χ2v) is 7.40. The van der Waals surface area contributed by atoms with Gasteiger partial charge in [0.1, 0.15) is 5.82 Å². The van der Waals surface area contributed by atoms with Crippen molar-refractivity contribution >= 4 is 12.4 Å². The molecule has 1 aliphatic heterocycles. The molecule has 142 valence electrons. The van der Waals surface area contributed by atoms with Crippen LogP contribution in [0, 0.1) is 6.92 Å². The van der Waals surface area contributed by atoms with E-state index in [0.717, 1.165) is 74.6 Å². The second kappa shape index (κ2) is 8.46. The minimum absolute atomic E-state index is 0. The highest BCUT2D eigenvalue weighted by Gasteiger charge is 2.29. The maximum absolute atomic E-state index is 6.11. The number of aromatic nitrogens is 4. The third-order valence-electron chi connectivity index (χ3n) is 5.59. The number of aryl methyl sites for hydroxylation is 1. The molecule has 26 heavy (non-hydrogen) atoms. The van der Waals surface area contributed by atoms with Gasteiger partial charge in [0.2, 0.25) is 0 Å². The molecule has 2 aliphatic rings. The predicted octanol–water partition coefficient (Wildman–Crippen LogP) is 3.27. The molecule has 0 amide bonds. The van der Waals surface area contributed by atoms with Crippen LogP contribution in [0.2, 0.25) is 0 Å². The van der Waals surface area contributed by atoms with E-state index in [1.165, 1.54) is 0 Å². The molecular formula is C19H28ClN5O. The van der Waals surface area contributed by atoms with Crippen LogP contribution in [0.1, 0.15) is 67.6 Å². The topological polar surface area (TPSA) is 78.8 Å². The highest BCUT2D eigenvalue weighted by Crippen LogP contribution is 2.34. The van der Waals surface area contributed by atoms with Gasteiger partial charge in [0.15, 0.2) is 5.82 Å². The third kappa shape index (κ3) is 3.92. The average Bonchev–Trinajstić information content (AvgIpc) is 3.09. The molecule has 2 N–H and O–H groups in total. The van der Waals surface area contributed by atoms with E-state index in [9.17, 15) is 0 Å². The van der Waals surface area contributed by atoms with Crippen molar-refractivity contribution < 1.29 is 4.74 Å². The number of hydrogen-bond donors (Lipinski definition) is 1. The SMILES string of the molecule is Cc1cnccc1-n1nc(C2CCOCC2)nc1C1CCC(N)CC1.Cl. The Bertz CT molecular complexity index is 720. The lowest BCUT2D eigenvalue weighted by Crippen LogP contribution is -2.26. The first-order chi connectivity index (χ1) is 12.2. The Balaban J connectivity index is 0.00000196. The monoisotopic (exact) mass is 377 g/mol. The molecule has 0 atom stereocenters. The van der Waals surface area contributed by atoms with Crippen LogP contribution in [0.3, 0.4) is 0 Å². The van der Waals surface area contributed by atoms with Crippen LogP contribution >= 0.6 is 12.4 Å². The highest BCUT2D eigenvalue weighted by atomic mass is 35.5. The third-order valence-corrected chi connectivity index (χ3v) is 5.59. The van der Waals surface area contributed by atoms with Gasteiger partial charge in [0.25, 0.3) is 0 Å². The number of ether oxygens (including phenoxy) is 1. The van der Waals surface area contributed by atoms with E-state index in [1.54, 1.807) is 0 Å². The summed E-state index contributed by atoms with van der Waals surface area (Å²) < 4.78 is 7.58. The molecule has 0 unspecified atom stereocenters. The van der Waals surface area contributed by atoms with Crippen LogP contribution in [0.15, 0.2) is 18.5 Å². The maximum Gasteiger partial charge on any atom is 0.154 e. The van der Waals surface area contributed by atoms with Crippen LogP contribution < -0.4 is 5.73 Å². The van der Waals surface area contributed by atoms with Crippen LogP contribution in [-0.4, -0.2) is 39.0 Å². The molecule has 2 fully saturated rings. The summed E-state index contributed by atoms with van der Waals surface area (Å²) in [4.78, 5) is 9.26. The summed E-state index contributed by atoms with van der Waals surface area (Å²) >= 11 is 0. The van der Waals surface area contributed by atoms with Crippen molar-refractivity contribution in [1.29, 1.82) is 0 Å². The lowest BCUT2D eigenvalue weighted by Gasteiger charge is -2.25. The van der Waals surface area contributed by atoms with Gasteiger partial charge >= 0.3 is 0 Å². The molecule has 2 aromatic rings. The Morgan fingerprint density at radius 1 is 1.08 bits per heavy atom. The summed E-state index contributed by atoms with van der Waals surface area (Å²) in [5.74, 6) is 2.92. The van der Waals surface area contributed by atoms with Crippen molar-refractivity contribution in [3.8, 4) is 5.69 Å². The molecule has 0 bridgehead atoms. The van der Waals surface area contributed by atoms with Gasteiger partial charge in [-0.3, -0.25) is 4.98 Å². The summed E-state index contributed by atoms with van der Waals surface area (Å²) in [6, 6.07) is 2.38. The molecule has 0 radical (unpaired) electrons. The molecule has 0 aromatic carbocycles. The van der Waals surface area contributed by atoms with Crippen molar-refractivity contribution in [3.05, 3.63) is 35.7 Å². The number of pyridine rings is 1. The van der Waals surface area contributed by atoms with Gasteiger partial charge in [0, 0.05) is 43.5 Å². The first-order valence-electron chi connectivity index (χ1n) is 9.43. The molecule has 4 rings (SSSR count). The molecule has 7 heteroatoms. The number of halogens is 1. The zero-order chi connectivity index (χ0) is 17.2. The first-order valence-corrected chi connectivity index (χ1v) is 9.43. The minimum atomic E-state index is 0. The Morgan fingerprint density at radius 2 is 1.81 bits per heavy atom. The van der Waals surface area contributed by atoms with E-state index in [-0.39, 0.29) is 12.4 Å². The zero-order valence-electron chi connectivity index (χ0n) is 15.3. The summed E-state index contributed by atoms with van der Waals surface area (Å²) in [5, 5.41) is 4.95. The Morgan fingerprint density at radius 3 is 2.50 bits per heavy atom. The quantitative estimate of drug-likeness (QED) is 0.887. The molecule has 1 saturated heterocycles. The molecule has 1 aliphatic carbocycles. The standard InChI is InChI=1S/C19H27N5O.ClH/c1-13-12-21-9-6-17(13)24-19(15-2-4-16(20)5-3-15)22-18(23-24)14-7-10-25-11-8-14;/h6,9,12,14-16H,2-5,7-8,10-11,20H2,1H3;1H. The average molecular weight is 378 g/mol. The van der Waals surface area contributed by atoms with Gasteiger partial charge in [-0.15, -0.1) is 12.4 Å². The fourth-order valence-corrected chi connectivity index (χ4v) is 3.99. The van der Waals surface area contributed by atoms with Crippen molar-refractivity contribution in [2.24, 2.45) is 5.73 Å². The molecular weight excluding hydrogens is 350 g/mol. The number of rotatable bonds is 3. The normalized spacial score (nSPS) is 24.2. The maximum atomic E-state index is 6.11. The summed E-state index contributed by atoms with van der Waals surface area (Å²) in [5.41, 5.74) is 8.32. The van der Waals surface area contributed by atoms with Crippen LogP contribution in [0.4, 0.5) is 0 Å². The molecule has 0 spiro atoms. The van der Waals surface area contributed by atoms with Gasteiger partial charge in [-0.05, 0) is 57.1 Å². The molecule has 6 nitrogen and oxygen atoms in total. The highest BCUT2D eigenvalue weighted by molar-refractivity contribution is 5.85. The zero-order valence-corrected chi connectivity index (χ0v) is 16.1. The lowest BCUT2D eigenvalue weighted by molar-refractivity contribution is 0.0836. The predicted molar refractivity (Wildman–Crippen MR) is 103 cm³/mol. The fourth-order valence-electron chi connectivity index (χ4n) is 3.99. The summed E-state index contributed by atoms with van der Waals surface area (Å²) in [6.45, 7) is 3.70. The largest absolute Gasteiger partial charge is 0.381 e. The molecule has 2 aromatic heterocycles. The number of hydrogen-bond acceptors (Lipinski definition) is 5. The van der Waals surface area contributed by atoms with E-state index >= 15 is 0 Å². The van der Waals surface area contributed by atoms with Gasteiger partial charge in [-0.25, -0.2) is 9.67 Å². The van der Waals surface area contributed by atoms with Gasteiger partial charge in [0.05, 0.1) is 5.69 Å². The van der Waals surface area contributed by atoms with E-state index in [0.29, 0.717) is 17.9 Å². The van der Waals surface area contributed by atoms with Crippen molar-refractivity contribution in [2.45, 2.75) is 63.3 Å². The van der Waals surface area contributed by atoms with E-state index in [2.05, 4.69) is 16.6 Å². The first kappa shape index (κ1) is 19.3. The van der Waals surface area contributed by atoms with E-state index in [4.69, 9.17) is 20.6 Å². The minimum Gasteiger partial charge on any atom is -0.381 e. The summed E-state index contributed by atoms with van der Waals surface area (Å²) in [7, 11) is 0. The summed E-state index contributed by atoms with van der Waals surface area (Å²) in [6.07, 6.45) is 10.1. The van der Waals surface area contributed by atoms with Crippen molar-refractivity contribution in [3.63, 3.8) is 0 Å². The van der Waals surface area contributed by atoms with E-state index < -0.39 is 0 Å². The molecule has 1 saturated carbocycles. The Labute approximate surface area is 161 Å². The number of nitrogens with two attached hydrogens (primary N) is 1. The van der Waals surface area contributed by atoms with Gasteiger partial charge in [-0.1, -0.05) is 0 Å². The van der Waals surface area contributed by atoms with Crippen molar-refractivity contribution in [1.82, 2.24) is 19.7 Å². The smallest absolute Gasteiger partial charge is 0.154 e. The van der Waals surface area contributed by atoms with E-state index in [1.807, 2.05) is 18.5 Å². The van der Waals surface area contributed by atoms with Gasteiger partial charge < -0.3 is 10.5 Å². The lowest BCUT2D eigenvalue weighted by atomic mass is 9.86. The molecule has 3 heterocycles. The van der Waals surface area contributed by atoms with Gasteiger partial charge in [-0.2, -0.15) is 5.10 Å². The Hall–Kier alpha value is -1.50. The van der Waals surface area contributed by atoms with Crippen LogP contribution in [0.25, 0.3) is 5.69 Å². The van der Waals surface area contributed by atoms with Crippen LogP contribution in [0.5, 0.6) is 0 Å². The van der Waals surface area contributed by atoms with Crippen molar-refractivity contribution in [2.75, 3.05) is 13.2 Å². The fraction of sp³-hybridized carbons (Fsp3) is 0.632.